The number of piperazine rings is 1. The molecule has 2 aromatic heterocycles. The lowest BCUT2D eigenvalue weighted by molar-refractivity contribution is -0.138. The molecule has 2 N–H and O–H groups in total. The van der Waals surface area contributed by atoms with Crippen LogP contribution >= 0.6 is 0 Å². The Labute approximate surface area is 216 Å². The van der Waals surface area contributed by atoms with Crippen molar-refractivity contribution < 1.29 is 32.2 Å². The SMILES string of the molecule is CC(=O)c1c(N[C@@H](C)COCCC(=O)N2CCN3c4ncc(C(F)(F)F)cc4OCCC3C2)cn[nH]c1=O. The number of aromatic nitrogens is 3. The van der Waals surface area contributed by atoms with Gasteiger partial charge in [-0.15, -0.1) is 0 Å². The Kier molecular flexibility index (Phi) is 8.19. The molecule has 206 valence electrons. The number of aromatic amines is 1. The van der Waals surface area contributed by atoms with Gasteiger partial charge in [0.05, 0.1) is 49.7 Å². The van der Waals surface area contributed by atoms with Gasteiger partial charge in [0.1, 0.15) is 5.56 Å². The Morgan fingerprint density at radius 3 is 2.84 bits per heavy atom. The number of H-pyrrole nitrogens is 1. The smallest absolute Gasteiger partial charge is 0.418 e. The highest BCUT2D eigenvalue weighted by Gasteiger charge is 2.36. The van der Waals surface area contributed by atoms with Crippen LogP contribution in [0.25, 0.3) is 0 Å². The van der Waals surface area contributed by atoms with Crippen LogP contribution in [0.3, 0.4) is 0 Å². The lowest BCUT2D eigenvalue weighted by Crippen LogP contribution is -2.55. The van der Waals surface area contributed by atoms with Crippen LogP contribution in [0.4, 0.5) is 24.7 Å². The Hall–Kier alpha value is -3.68. The molecule has 1 saturated heterocycles. The van der Waals surface area contributed by atoms with Gasteiger partial charge in [0.2, 0.25) is 5.91 Å². The van der Waals surface area contributed by atoms with E-state index in [-0.39, 0.29) is 61.3 Å². The summed E-state index contributed by atoms with van der Waals surface area (Å²) in [4.78, 5) is 44.1. The molecule has 0 spiro atoms. The number of nitrogens with zero attached hydrogens (tertiary/aromatic N) is 4. The summed E-state index contributed by atoms with van der Waals surface area (Å²) in [5.74, 6) is -0.0142. The van der Waals surface area contributed by atoms with E-state index in [0.717, 1.165) is 12.3 Å². The molecule has 0 saturated carbocycles. The van der Waals surface area contributed by atoms with Crippen molar-refractivity contribution in [2.75, 3.05) is 49.7 Å². The molecule has 4 rings (SSSR count). The fourth-order valence-electron chi connectivity index (χ4n) is 4.57. The van der Waals surface area contributed by atoms with Gasteiger partial charge in [-0.2, -0.15) is 18.3 Å². The Morgan fingerprint density at radius 1 is 1.32 bits per heavy atom. The van der Waals surface area contributed by atoms with Crippen LogP contribution in [0.1, 0.15) is 42.6 Å². The zero-order valence-corrected chi connectivity index (χ0v) is 21.0. The predicted molar refractivity (Wildman–Crippen MR) is 130 cm³/mol. The average Bonchev–Trinajstić information content (AvgIpc) is 3.04. The number of alkyl halides is 3. The molecule has 0 aliphatic carbocycles. The van der Waals surface area contributed by atoms with E-state index in [1.807, 2.05) is 11.8 Å². The van der Waals surface area contributed by atoms with E-state index in [1.165, 1.54) is 13.1 Å². The molecule has 1 amide bonds. The van der Waals surface area contributed by atoms with Gasteiger partial charge in [0.25, 0.3) is 5.56 Å². The summed E-state index contributed by atoms with van der Waals surface area (Å²) in [6.07, 6.45) is -1.64. The van der Waals surface area contributed by atoms with Crippen LogP contribution in [-0.2, 0) is 15.7 Å². The van der Waals surface area contributed by atoms with Gasteiger partial charge in [-0.3, -0.25) is 14.4 Å². The Balaban J connectivity index is 1.26. The summed E-state index contributed by atoms with van der Waals surface area (Å²) >= 11 is 0. The second kappa shape index (κ2) is 11.4. The first-order valence-corrected chi connectivity index (χ1v) is 12.2. The second-order valence-corrected chi connectivity index (χ2v) is 9.28. The van der Waals surface area contributed by atoms with Crippen molar-refractivity contribution in [2.24, 2.45) is 0 Å². The number of anilines is 2. The van der Waals surface area contributed by atoms with Crippen LogP contribution in [0.15, 0.2) is 23.3 Å². The van der Waals surface area contributed by atoms with Crippen molar-refractivity contribution in [3.8, 4) is 5.75 Å². The number of carbonyl (C=O) groups excluding carboxylic acids is 2. The number of hydrogen-bond donors (Lipinski definition) is 2. The molecule has 1 fully saturated rings. The summed E-state index contributed by atoms with van der Waals surface area (Å²) in [7, 11) is 0. The summed E-state index contributed by atoms with van der Waals surface area (Å²) in [6, 6.07) is 0.594. The largest absolute Gasteiger partial charge is 0.490 e. The maximum atomic E-state index is 13.1. The third-order valence-corrected chi connectivity index (χ3v) is 6.41. The highest BCUT2D eigenvalue weighted by molar-refractivity contribution is 5.98. The highest BCUT2D eigenvalue weighted by Crippen LogP contribution is 2.38. The number of halogens is 3. The molecular weight excluding hydrogens is 509 g/mol. The number of hydrogen-bond acceptors (Lipinski definition) is 9. The monoisotopic (exact) mass is 538 g/mol. The van der Waals surface area contributed by atoms with Crippen LogP contribution in [0.2, 0.25) is 0 Å². The van der Waals surface area contributed by atoms with Crippen molar-refractivity contribution >= 4 is 23.2 Å². The maximum Gasteiger partial charge on any atom is 0.418 e. The minimum atomic E-state index is -4.51. The molecule has 0 radical (unpaired) electrons. The summed E-state index contributed by atoms with van der Waals surface area (Å²) in [5, 5.41) is 8.97. The van der Waals surface area contributed by atoms with Crippen molar-refractivity contribution in [3.63, 3.8) is 0 Å². The fraction of sp³-hybridized carbons (Fsp3) is 0.542. The lowest BCUT2D eigenvalue weighted by atomic mass is 10.1. The van der Waals surface area contributed by atoms with E-state index < -0.39 is 17.3 Å². The van der Waals surface area contributed by atoms with E-state index in [9.17, 15) is 27.6 Å². The summed E-state index contributed by atoms with van der Waals surface area (Å²) < 4.78 is 50.4. The number of nitrogens with one attached hydrogen (secondary N) is 2. The van der Waals surface area contributed by atoms with Gasteiger partial charge in [0.15, 0.2) is 17.4 Å². The van der Waals surface area contributed by atoms with E-state index in [1.54, 1.807) is 4.90 Å². The topological polar surface area (TPSA) is 130 Å². The fourth-order valence-corrected chi connectivity index (χ4v) is 4.57. The first-order chi connectivity index (χ1) is 18.0. The third-order valence-electron chi connectivity index (χ3n) is 6.41. The zero-order valence-electron chi connectivity index (χ0n) is 21.0. The number of rotatable bonds is 8. The quantitative estimate of drug-likeness (QED) is 0.383. The number of ketones is 1. The maximum absolute atomic E-state index is 13.1. The van der Waals surface area contributed by atoms with Gasteiger partial charge in [-0.1, -0.05) is 0 Å². The minimum Gasteiger partial charge on any atom is -0.490 e. The number of Topliss-reactive ketones (excluding diaryl/α,β-unsaturated/α-hetero) is 1. The van der Waals surface area contributed by atoms with Crippen molar-refractivity contribution in [2.45, 2.75) is 44.9 Å². The zero-order chi connectivity index (χ0) is 27.4. The highest BCUT2D eigenvalue weighted by atomic mass is 19.4. The molecule has 11 nitrogen and oxygen atoms in total. The molecule has 2 atom stereocenters. The van der Waals surface area contributed by atoms with Gasteiger partial charge < -0.3 is 24.6 Å². The Morgan fingerprint density at radius 2 is 2.11 bits per heavy atom. The molecule has 4 heterocycles. The lowest BCUT2D eigenvalue weighted by Gasteiger charge is -2.41. The number of ether oxygens (including phenoxy) is 2. The van der Waals surface area contributed by atoms with Crippen molar-refractivity contribution in [3.05, 3.63) is 39.9 Å². The summed E-state index contributed by atoms with van der Waals surface area (Å²) in [5.41, 5.74) is -1.14. The van der Waals surface area contributed by atoms with Crippen LogP contribution in [-0.4, -0.2) is 83.3 Å². The minimum absolute atomic E-state index is 0.0105. The van der Waals surface area contributed by atoms with Gasteiger partial charge >= 0.3 is 6.18 Å². The van der Waals surface area contributed by atoms with Crippen LogP contribution in [0, 0.1) is 0 Å². The van der Waals surface area contributed by atoms with Gasteiger partial charge in [-0.25, -0.2) is 10.1 Å². The number of fused-ring (bicyclic) bond motifs is 3. The number of pyridine rings is 1. The van der Waals surface area contributed by atoms with E-state index in [0.29, 0.717) is 37.6 Å². The average molecular weight is 539 g/mol. The van der Waals surface area contributed by atoms with Crippen LogP contribution < -0.4 is 20.5 Å². The van der Waals surface area contributed by atoms with Crippen molar-refractivity contribution in [1.29, 1.82) is 0 Å². The molecule has 14 heteroatoms. The van der Waals surface area contributed by atoms with E-state index >= 15 is 0 Å². The van der Waals surface area contributed by atoms with Crippen LogP contribution in [0.5, 0.6) is 5.75 Å². The molecule has 38 heavy (non-hydrogen) atoms. The molecule has 2 aliphatic heterocycles. The van der Waals surface area contributed by atoms with E-state index in [2.05, 4.69) is 20.5 Å². The standard InChI is InChI=1S/C24H29F3N6O5/c1-14(30-18-11-29-31-23(36)21(18)15(2)34)13-37-7-4-20(35)32-5-6-33-17(12-32)3-8-38-19-9-16(24(25,26)27)10-28-22(19)33/h9-11,14,17H,3-8,12-13H2,1-2H3,(H2,30,31,36)/t14-,17?/m0/s1. The normalized spacial score (nSPS) is 18.1. The number of carbonyl (C=O) groups is 2. The third kappa shape index (κ3) is 6.23. The van der Waals surface area contributed by atoms with Gasteiger partial charge in [0, 0.05) is 38.3 Å². The van der Waals surface area contributed by atoms with Gasteiger partial charge in [-0.05, 0) is 19.9 Å². The van der Waals surface area contributed by atoms with Crippen molar-refractivity contribution in [1.82, 2.24) is 20.1 Å². The van der Waals surface area contributed by atoms with E-state index in [4.69, 9.17) is 9.47 Å². The molecule has 0 bridgehead atoms. The molecule has 1 unspecified atom stereocenters. The first kappa shape index (κ1) is 27.4. The number of amides is 1. The molecule has 2 aromatic rings. The Bertz CT molecular complexity index is 1240. The first-order valence-electron chi connectivity index (χ1n) is 12.2. The summed E-state index contributed by atoms with van der Waals surface area (Å²) in [6.45, 7) is 4.97. The second-order valence-electron chi connectivity index (χ2n) is 9.28. The molecular formula is C24H29F3N6O5. The molecule has 0 aromatic carbocycles. The molecule has 2 aliphatic rings. The predicted octanol–water partition coefficient (Wildman–Crippen LogP) is 2.09.